The van der Waals surface area contributed by atoms with Crippen LogP contribution >= 0.6 is 46.9 Å². The van der Waals surface area contributed by atoms with E-state index in [1.165, 1.54) is 11.3 Å². The Morgan fingerprint density at radius 2 is 2.08 bits per heavy atom. The van der Waals surface area contributed by atoms with Crippen LogP contribution in [-0.4, -0.2) is 43.2 Å². The first-order valence-electron chi connectivity index (χ1n) is 8.09. The molecule has 0 fully saturated rings. The van der Waals surface area contributed by atoms with Crippen molar-refractivity contribution in [2.75, 3.05) is 27.2 Å². The van der Waals surface area contributed by atoms with Gasteiger partial charge in [-0.1, -0.05) is 29.8 Å². The maximum Gasteiger partial charge on any atom is 0.194 e. The Morgan fingerprint density at radius 3 is 2.69 bits per heavy atom. The third kappa shape index (κ3) is 6.61. The van der Waals surface area contributed by atoms with Gasteiger partial charge in [0.25, 0.3) is 0 Å². The molecule has 1 aromatic carbocycles. The van der Waals surface area contributed by atoms with Gasteiger partial charge in [0, 0.05) is 30.6 Å². The molecule has 0 saturated heterocycles. The highest BCUT2D eigenvalue weighted by molar-refractivity contribution is 14.0. The fourth-order valence-corrected chi connectivity index (χ4v) is 3.44. The first-order valence-corrected chi connectivity index (χ1v) is 9.29. The lowest BCUT2D eigenvalue weighted by atomic mass is 10.2. The molecule has 0 spiro atoms. The topological polar surface area (TPSA) is 57.1 Å². The minimum Gasteiger partial charge on any atom is -0.496 e. The first-order chi connectivity index (χ1) is 12.0. The molecule has 0 aliphatic carbocycles. The van der Waals surface area contributed by atoms with Crippen LogP contribution in [-0.2, 0) is 6.54 Å². The molecule has 2 rings (SSSR count). The van der Waals surface area contributed by atoms with Crippen LogP contribution in [0, 0.1) is 0 Å². The number of halogens is 2. The standard InChI is InChI=1S/C18H24ClN3O2S.HI/c1-4-20-18(21-11-14(23)16-9-10-17(19)25-16)22(2)12-13-7-5-6-8-15(13)24-3;/h5-10,14,23H,4,11-12H2,1-3H3,(H,20,21);1H. The zero-order chi connectivity index (χ0) is 18.2. The predicted molar refractivity (Wildman–Crippen MR) is 120 cm³/mol. The maximum atomic E-state index is 10.3. The number of nitrogens with one attached hydrogen (secondary N) is 1. The Bertz CT molecular complexity index is 711. The average molecular weight is 510 g/mol. The van der Waals surface area contributed by atoms with Crippen molar-refractivity contribution in [3.8, 4) is 5.75 Å². The number of para-hydroxylation sites is 1. The molecule has 1 unspecified atom stereocenters. The molecule has 0 bridgehead atoms. The molecule has 26 heavy (non-hydrogen) atoms. The summed E-state index contributed by atoms with van der Waals surface area (Å²) in [6.45, 7) is 3.68. The van der Waals surface area contributed by atoms with E-state index in [1.807, 2.05) is 49.2 Å². The molecule has 0 saturated carbocycles. The van der Waals surface area contributed by atoms with Crippen molar-refractivity contribution in [3.63, 3.8) is 0 Å². The van der Waals surface area contributed by atoms with Crippen molar-refractivity contribution < 1.29 is 9.84 Å². The molecular weight excluding hydrogens is 485 g/mol. The van der Waals surface area contributed by atoms with E-state index in [-0.39, 0.29) is 30.5 Å². The summed E-state index contributed by atoms with van der Waals surface area (Å²) in [6.07, 6.45) is -0.661. The Balaban J connectivity index is 0.00000338. The Hall–Kier alpha value is -1.03. The van der Waals surface area contributed by atoms with E-state index in [0.29, 0.717) is 10.9 Å². The average Bonchev–Trinajstić information content (AvgIpc) is 3.05. The molecular formula is C18H25ClIN3O2S. The van der Waals surface area contributed by atoms with Gasteiger partial charge >= 0.3 is 0 Å². The summed E-state index contributed by atoms with van der Waals surface area (Å²) in [4.78, 5) is 7.38. The predicted octanol–water partition coefficient (Wildman–Crippen LogP) is 4.16. The second-order valence-corrected chi connectivity index (χ2v) is 7.27. The summed E-state index contributed by atoms with van der Waals surface area (Å²) in [5.74, 6) is 1.58. The summed E-state index contributed by atoms with van der Waals surface area (Å²) in [5.41, 5.74) is 1.07. The Labute approximate surface area is 181 Å². The van der Waals surface area contributed by atoms with E-state index in [1.54, 1.807) is 13.2 Å². The molecule has 0 aliphatic rings. The molecule has 5 nitrogen and oxygen atoms in total. The number of aliphatic hydroxyl groups excluding tert-OH is 1. The molecule has 0 aliphatic heterocycles. The van der Waals surface area contributed by atoms with Gasteiger partial charge in [0.05, 0.1) is 18.0 Å². The number of aliphatic hydroxyl groups is 1. The quantitative estimate of drug-likeness (QED) is 0.334. The summed E-state index contributed by atoms with van der Waals surface area (Å²) in [6, 6.07) is 11.5. The lowest BCUT2D eigenvalue weighted by molar-refractivity contribution is 0.190. The van der Waals surface area contributed by atoms with Crippen LogP contribution < -0.4 is 10.1 Å². The number of rotatable bonds is 7. The van der Waals surface area contributed by atoms with E-state index in [4.69, 9.17) is 16.3 Å². The van der Waals surface area contributed by atoms with Gasteiger partial charge in [-0.2, -0.15) is 0 Å². The lowest BCUT2D eigenvalue weighted by Crippen LogP contribution is -2.38. The number of benzene rings is 1. The largest absolute Gasteiger partial charge is 0.496 e. The van der Waals surface area contributed by atoms with Gasteiger partial charge in [0.15, 0.2) is 5.96 Å². The summed E-state index contributed by atoms with van der Waals surface area (Å²) in [7, 11) is 3.63. The van der Waals surface area contributed by atoms with Crippen molar-refractivity contribution >= 4 is 52.9 Å². The van der Waals surface area contributed by atoms with Crippen molar-refractivity contribution in [2.45, 2.75) is 19.6 Å². The van der Waals surface area contributed by atoms with Crippen LogP contribution in [0.5, 0.6) is 5.75 Å². The van der Waals surface area contributed by atoms with Gasteiger partial charge in [-0.15, -0.1) is 35.3 Å². The van der Waals surface area contributed by atoms with Crippen molar-refractivity contribution in [1.29, 1.82) is 0 Å². The van der Waals surface area contributed by atoms with Crippen LogP contribution in [0.3, 0.4) is 0 Å². The molecule has 8 heteroatoms. The number of hydrogen-bond acceptors (Lipinski definition) is 4. The summed E-state index contributed by atoms with van der Waals surface area (Å²) in [5, 5.41) is 13.5. The molecule has 1 aromatic heterocycles. The monoisotopic (exact) mass is 509 g/mol. The Kier molecular flexibility index (Phi) is 10.3. The van der Waals surface area contributed by atoms with E-state index >= 15 is 0 Å². The third-order valence-corrected chi connectivity index (χ3v) is 4.97. The van der Waals surface area contributed by atoms with E-state index < -0.39 is 6.10 Å². The zero-order valence-electron chi connectivity index (χ0n) is 15.1. The fraction of sp³-hybridized carbons (Fsp3) is 0.389. The highest BCUT2D eigenvalue weighted by Gasteiger charge is 2.13. The van der Waals surface area contributed by atoms with Crippen molar-refractivity contribution in [2.24, 2.45) is 4.99 Å². The normalized spacial score (nSPS) is 12.3. The molecule has 0 radical (unpaired) electrons. The molecule has 1 heterocycles. The van der Waals surface area contributed by atoms with E-state index in [9.17, 15) is 5.11 Å². The fourth-order valence-electron chi connectivity index (χ4n) is 2.40. The number of nitrogens with zero attached hydrogens (tertiary/aromatic N) is 2. The van der Waals surface area contributed by atoms with Gasteiger partial charge in [0.1, 0.15) is 11.9 Å². The van der Waals surface area contributed by atoms with Crippen LogP contribution in [0.4, 0.5) is 0 Å². The number of guanidine groups is 1. The minimum absolute atomic E-state index is 0. The summed E-state index contributed by atoms with van der Waals surface area (Å²) >= 11 is 7.30. The molecule has 2 aromatic rings. The molecule has 0 amide bonds. The van der Waals surface area contributed by atoms with E-state index in [2.05, 4.69) is 10.3 Å². The van der Waals surface area contributed by atoms with Crippen LogP contribution in [0.2, 0.25) is 4.34 Å². The van der Waals surface area contributed by atoms with Crippen LogP contribution in [0.15, 0.2) is 41.4 Å². The van der Waals surface area contributed by atoms with Gasteiger partial charge in [-0.25, -0.2) is 0 Å². The van der Waals surface area contributed by atoms with E-state index in [0.717, 1.165) is 28.7 Å². The Morgan fingerprint density at radius 1 is 1.35 bits per heavy atom. The third-order valence-electron chi connectivity index (χ3n) is 3.63. The number of ether oxygens (including phenoxy) is 1. The SMILES string of the molecule is CCNC(=NCC(O)c1ccc(Cl)s1)N(C)Cc1ccccc1OC.I. The second kappa shape index (κ2) is 11.6. The van der Waals surface area contributed by atoms with Crippen LogP contribution in [0.25, 0.3) is 0 Å². The lowest BCUT2D eigenvalue weighted by Gasteiger charge is -2.23. The zero-order valence-corrected chi connectivity index (χ0v) is 19.0. The van der Waals surface area contributed by atoms with Gasteiger partial charge < -0.3 is 20.1 Å². The second-order valence-electron chi connectivity index (χ2n) is 5.52. The molecule has 1 atom stereocenters. The van der Waals surface area contributed by atoms with Crippen molar-refractivity contribution in [3.05, 3.63) is 51.2 Å². The minimum atomic E-state index is -0.661. The van der Waals surface area contributed by atoms with Crippen molar-refractivity contribution in [1.82, 2.24) is 10.2 Å². The summed E-state index contributed by atoms with van der Waals surface area (Å²) < 4.78 is 6.07. The highest BCUT2D eigenvalue weighted by atomic mass is 127. The van der Waals surface area contributed by atoms with Gasteiger partial charge in [0.2, 0.25) is 0 Å². The van der Waals surface area contributed by atoms with Gasteiger partial charge in [-0.05, 0) is 25.1 Å². The molecule has 144 valence electrons. The molecule has 2 N–H and O–H groups in total. The number of hydrogen-bond donors (Lipinski definition) is 2. The highest BCUT2D eigenvalue weighted by Crippen LogP contribution is 2.27. The number of aliphatic imine (C=N–C) groups is 1. The number of thiophene rings is 1. The number of methoxy groups -OCH3 is 1. The van der Waals surface area contributed by atoms with Gasteiger partial charge in [-0.3, -0.25) is 4.99 Å². The van der Waals surface area contributed by atoms with Crippen LogP contribution in [0.1, 0.15) is 23.5 Å². The first kappa shape index (κ1) is 23.0. The maximum absolute atomic E-state index is 10.3. The smallest absolute Gasteiger partial charge is 0.194 e.